The lowest BCUT2D eigenvalue weighted by Gasteiger charge is -2.20. The van der Waals surface area contributed by atoms with Crippen LogP contribution in [0.2, 0.25) is 5.15 Å². The summed E-state index contributed by atoms with van der Waals surface area (Å²) >= 11 is 6.11. The maximum absolute atomic E-state index is 11.5. The molecule has 0 aliphatic carbocycles. The lowest BCUT2D eigenvalue weighted by Crippen LogP contribution is -2.23. The van der Waals surface area contributed by atoms with Crippen molar-refractivity contribution in [1.29, 1.82) is 0 Å². The Bertz CT molecular complexity index is 725. The summed E-state index contributed by atoms with van der Waals surface area (Å²) in [7, 11) is -2.87. The van der Waals surface area contributed by atoms with E-state index >= 15 is 0 Å². The molecule has 7 heteroatoms. The number of halogens is 1. The van der Waals surface area contributed by atoms with Gasteiger partial charge in [0.25, 0.3) is 0 Å². The van der Waals surface area contributed by atoms with Crippen LogP contribution in [0.4, 0.5) is 5.69 Å². The van der Waals surface area contributed by atoms with Crippen molar-refractivity contribution in [3.05, 3.63) is 29.3 Å². The molecule has 3 heterocycles. The quantitative estimate of drug-likeness (QED) is 0.872. The third-order valence-electron chi connectivity index (χ3n) is 3.56. The van der Waals surface area contributed by atoms with Gasteiger partial charge in [0, 0.05) is 17.8 Å². The summed E-state index contributed by atoms with van der Waals surface area (Å²) in [4.78, 5) is 4.38. The SMILES string of the molecule is Nc1ccc2c(Cl)nc(C3CCS(=O)(=O)CC3)n2c1. The highest BCUT2D eigenvalue weighted by molar-refractivity contribution is 7.91. The number of fused-ring (bicyclic) bond motifs is 1. The molecule has 1 aliphatic heterocycles. The molecule has 1 fully saturated rings. The molecule has 0 amide bonds. The maximum atomic E-state index is 11.5. The van der Waals surface area contributed by atoms with E-state index in [-0.39, 0.29) is 17.4 Å². The van der Waals surface area contributed by atoms with Crippen molar-refractivity contribution in [2.75, 3.05) is 17.2 Å². The number of rotatable bonds is 1. The van der Waals surface area contributed by atoms with Gasteiger partial charge in [-0.2, -0.15) is 0 Å². The van der Waals surface area contributed by atoms with Crippen LogP contribution < -0.4 is 5.73 Å². The van der Waals surface area contributed by atoms with Gasteiger partial charge in [0.1, 0.15) is 15.7 Å². The van der Waals surface area contributed by atoms with E-state index in [0.29, 0.717) is 23.7 Å². The number of anilines is 1. The second-order valence-electron chi connectivity index (χ2n) is 4.90. The number of pyridine rings is 1. The van der Waals surface area contributed by atoms with Gasteiger partial charge in [0.15, 0.2) is 5.15 Å². The first kappa shape index (κ1) is 12.7. The number of aromatic nitrogens is 2. The maximum Gasteiger partial charge on any atom is 0.155 e. The molecule has 2 N–H and O–H groups in total. The van der Waals surface area contributed by atoms with Crippen LogP contribution in [-0.2, 0) is 9.84 Å². The summed E-state index contributed by atoms with van der Waals surface area (Å²) in [6, 6.07) is 3.60. The van der Waals surface area contributed by atoms with Gasteiger partial charge in [-0.25, -0.2) is 13.4 Å². The van der Waals surface area contributed by atoms with Crippen LogP contribution in [0.15, 0.2) is 18.3 Å². The van der Waals surface area contributed by atoms with Crippen LogP contribution in [0.25, 0.3) is 5.52 Å². The van der Waals surface area contributed by atoms with Crippen LogP contribution in [0.5, 0.6) is 0 Å². The largest absolute Gasteiger partial charge is 0.398 e. The van der Waals surface area contributed by atoms with E-state index in [2.05, 4.69) is 4.98 Å². The minimum Gasteiger partial charge on any atom is -0.398 e. The third kappa shape index (κ3) is 2.30. The zero-order valence-corrected chi connectivity index (χ0v) is 11.8. The molecule has 5 nitrogen and oxygen atoms in total. The standard InChI is InChI=1S/C12H14ClN3O2S/c13-11-10-2-1-9(14)7-16(10)12(15-11)8-3-5-19(17,18)6-4-8/h1-2,7-8H,3-6,14H2. The van der Waals surface area contributed by atoms with Crippen LogP contribution in [-0.4, -0.2) is 29.3 Å². The summed E-state index contributed by atoms with van der Waals surface area (Å²) in [6.07, 6.45) is 2.96. The molecular weight excluding hydrogens is 286 g/mol. The predicted octanol–water partition coefficient (Wildman–Crippen LogP) is 1.86. The van der Waals surface area contributed by atoms with E-state index in [1.54, 1.807) is 12.3 Å². The van der Waals surface area contributed by atoms with Gasteiger partial charge in [-0.1, -0.05) is 11.6 Å². The monoisotopic (exact) mass is 299 g/mol. The zero-order valence-electron chi connectivity index (χ0n) is 10.2. The van der Waals surface area contributed by atoms with Crippen LogP contribution in [0.3, 0.4) is 0 Å². The van der Waals surface area contributed by atoms with Crippen molar-refractivity contribution >= 4 is 32.6 Å². The first-order valence-corrected chi connectivity index (χ1v) is 8.29. The van der Waals surface area contributed by atoms with Crippen molar-refractivity contribution in [2.24, 2.45) is 0 Å². The predicted molar refractivity (Wildman–Crippen MR) is 75.2 cm³/mol. The number of sulfone groups is 1. The number of hydrogen-bond donors (Lipinski definition) is 1. The van der Waals surface area contributed by atoms with E-state index in [4.69, 9.17) is 17.3 Å². The molecule has 2 aromatic rings. The summed E-state index contributed by atoms with van der Waals surface area (Å²) in [5, 5.41) is 0.434. The van der Waals surface area contributed by atoms with E-state index in [9.17, 15) is 8.42 Å². The highest BCUT2D eigenvalue weighted by Crippen LogP contribution is 2.31. The average Bonchev–Trinajstić information content (AvgIpc) is 2.66. The summed E-state index contributed by atoms with van der Waals surface area (Å²) in [5.41, 5.74) is 7.22. The van der Waals surface area contributed by atoms with Gasteiger partial charge in [0.05, 0.1) is 17.0 Å². The molecule has 19 heavy (non-hydrogen) atoms. The van der Waals surface area contributed by atoms with Gasteiger partial charge < -0.3 is 5.73 Å². The minimum atomic E-state index is -2.87. The zero-order chi connectivity index (χ0) is 13.6. The Hall–Kier alpha value is -1.27. The molecule has 0 unspecified atom stereocenters. The highest BCUT2D eigenvalue weighted by Gasteiger charge is 2.28. The first-order chi connectivity index (χ1) is 8.96. The Kier molecular flexibility index (Phi) is 2.94. The van der Waals surface area contributed by atoms with Crippen molar-refractivity contribution in [3.8, 4) is 0 Å². The van der Waals surface area contributed by atoms with E-state index in [1.165, 1.54) is 0 Å². The Morgan fingerprint density at radius 3 is 2.68 bits per heavy atom. The molecule has 0 bridgehead atoms. The van der Waals surface area contributed by atoms with Gasteiger partial charge in [-0.05, 0) is 25.0 Å². The Morgan fingerprint density at radius 1 is 1.32 bits per heavy atom. The molecule has 1 aliphatic rings. The Morgan fingerprint density at radius 2 is 2.00 bits per heavy atom. The average molecular weight is 300 g/mol. The molecule has 0 aromatic carbocycles. The molecule has 0 radical (unpaired) electrons. The molecule has 0 spiro atoms. The van der Waals surface area contributed by atoms with E-state index in [1.807, 2.05) is 10.5 Å². The van der Waals surface area contributed by atoms with Crippen molar-refractivity contribution in [1.82, 2.24) is 9.38 Å². The second kappa shape index (κ2) is 4.38. The molecular formula is C12H14ClN3O2S. The van der Waals surface area contributed by atoms with E-state index < -0.39 is 9.84 Å². The second-order valence-corrected chi connectivity index (χ2v) is 7.57. The topological polar surface area (TPSA) is 77.5 Å². The minimum absolute atomic E-state index is 0.116. The number of nitrogen functional groups attached to an aromatic ring is 1. The first-order valence-electron chi connectivity index (χ1n) is 6.10. The molecule has 0 atom stereocenters. The van der Waals surface area contributed by atoms with Crippen molar-refractivity contribution in [3.63, 3.8) is 0 Å². The Labute approximate surface area is 116 Å². The fraction of sp³-hybridized carbons (Fsp3) is 0.417. The number of imidazole rings is 1. The van der Waals surface area contributed by atoms with Crippen LogP contribution >= 0.6 is 11.6 Å². The lowest BCUT2D eigenvalue weighted by molar-refractivity contribution is 0.536. The lowest BCUT2D eigenvalue weighted by atomic mass is 10.0. The van der Waals surface area contributed by atoms with Crippen LogP contribution in [0, 0.1) is 0 Å². The third-order valence-corrected chi connectivity index (χ3v) is 5.56. The summed E-state index contributed by atoms with van der Waals surface area (Å²) < 4.78 is 24.8. The van der Waals surface area contributed by atoms with Gasteiger partial charge in [-0.15, -0.1) is 0 Å². The fourth-order valence-electron chi connectivity index (χ4n) is 2.52. The smallest absolute Gasteiger partial charge is 0.155 e. The van der Waals surface area contributed by atoms with Gasteiger partial charge in [-0.3, -0.25) is 4.40 Å². The van der Waals surface area contributed by atoms with Crippen molar-refractivity contribution in [2.45, 2.75) is 18.8 Å². The molecule has 2 aromatic heterocycles. The molecule has 102 valence electrons. The summed E-state index contributed by atoms with van der Waals surface area (Å²) in [5.74, 6) is 1.35. The molecule has 1 saturated heterocycles. The highest BCUT2D eigenvalue weighted by atomic mass is 35.5. The van der Waals surface area contributed by atoms with Crippen LogP contribution in [0.1, 0.15) is 24.6 Å². The number of nitrogens with zero attached hydrogens (tertiary/aromatic N) is 2. The number of hydrogen-bond acceptors (Lipinski definition) is 4. The number of nitrogens with two attached hydrogens (primary N) is 1. The van der Waals surface area contributed by atoms with Gasteiger partial charge in [0.2, 0.25) is 0 Å². The fourth-order valence-corrected chi connectivity index (χ4v) is 4.25. The van der Waals surface area contributed by atoms with Crippen molar-refractivity contribution < 1.29 is 8.42 Å². The molecule has 0 saturated carbocycles. The summed E-state index contributed by atoms with van der Waals surface area (Å²) in [6.45, 7) is 0. The molecule has 3 rings (SSSR count). The normalized spacial score (nSPS) is 19.8. The Balaban J connectivity index is 2.04. The van der Waals surface area contributed by atoms with E-state index in [0.717, 1.165) is 11.3 Å². The van der Waals surface area contributed by atoms with Gasteiger partial charge >= 0.3 is 0 Å².